The van der Waals surface area contributed by atoms with Gasteiger partial charge in [-0.1, -0.05) is 37.6 Å². The van der Waals surface area contributed by atoms with E-state index in [1.165, 1.54) is 25.3 Å². The molecule has 0 saturated carbocycles. The van der Waals surface area contributed by atoms with Crippen molar-refractivity contribution < 1.29 is 14.5 Å². The van der Waals surface area contributed by atoms with Crippen LogP contribution in [-0.2, 0) is 5.41 Å². The lowest BCUT2D eigenvalue weighted by atomic mass is 9.75. The standard InChI is InChI=1S/C20H23ClN2O4/c1-4-20(5-2,14-6-8-15(21)9-7-14)13-22-19(24)17-12-16(27-3)10-11-18(17)23(25)26/h6-12H,4-5,13H2,1-3H3,(H,22,24). The molecule has 0 atom stereocenters. The van der Waals surface area contributed by atoms with Crippen LogP contribution in [0.2, 0.25) is 5.02 Å². The Morgan fingerprint density at radius 3 is 2.33 bits per heavy atom. The molecular weight excluding hydrogens is 368 g/mol. The fourth-order valence-corrected chi connectivity index (χ4v) is 3.27. The van der Waals surface area contributed by atoms with E-state index in [-0.39, 0.29) is 16.7 Å². The van der Waals surface area contributed by atoms with Gasteiger partial charge in [-0.25, -0.2) is 0 Å². The smallest absolute Gasteiger partial charge is 0.282 e. The minimum absolute atomic E-state index is 0.0171. The van der Waals surface area contributed by atoms with Crippen molar-refractivity contribution in [2.75, 3.05) is 13.7 Å². The van der Waals surface area contributed by atoms with Crippen molar-refractivity contribution >= 4 is 23.2 Å². The van der Waals surface area contributed by atoms with Gasteiger partial charge in [0.05, 0.1) is 12.0 Å². The van der Waals surface area contributed by atoms with Gasteiger partial charge < -0.3 is 10.1 Å². The van der Waals surface area contributed by atoms with Crippen LogP contribution in [0.4, 0.5) is 5.69 Å². The van der Waals surface area contributed by atoms with E-state index in [1.54, 1.807) is 0 Å². The summed E-state index contributed by atoms with van der Waals surface area (Å²) in [6, 6.07) is 11.7. The molecule has 0 aliphatic rings. The Morgan fingerprint density at radius 2 is 1.81 bits per heavy atom. The van der Waals surface area contributed by atoms with Gasteiger partial charge in [0.2, 0.25) is 0 Å². The summed E-state index contributed by atoms with van der Waals surface area (Å²) in [7, 11) is 1.45. The predicted octanol–water partition coefficient (Wildman–Crippen LogP) is 4.74. The van der Waals surface area contributed by atoms with Crippen molar-refractivity contribution in [2.45, 2.75) is 32.1 Å². The molecule has 0 fully saturated rings. The van der Waals surface area contributed by atoms with Crippen LogP contribution in [0.15, 0.2) is 42.5 Å². The molecule has 0 radical (unpaired) electrons. The van der Waals surface area contributed by atoms with E-state index in [0.29, 0.717) is 17.3 Å². The van der Waals surface area contributed by atoms with Crippen molar-refractivity contribution in [3.8, 4) is 5.75 Å². The highest BCUT2D eigenvalue weighted by Crippen LogP contribution is 2.32. The van der Waals surface area contributed by atoms with Gasteiger partial charge in [0.1, 0.15) is 11.3 Å². The first-order chi connectivity index (χ1) is 12.9. The first-order valence-corrected chi connectivity index (χ1v) is 9.11. The number of hydrogen-bond acceptors (Lipinski definition) is 4. The summed E-state index contributed by atoms with van der Waals surface area (Å²) in [6.45, 7) is 4.46. The van der Waals surface area contributed by atoms with E-state index in [2.05, 4.69) is 19.2 Å². The zero-order valence-corrected chi connectivity index (χ0v) is 16.4. The Labute approximate surface area is 163 Å². The molecule has 144 valence electrons. The molecule has 0 aliphatic heterocycles. The van der Waals surface area contributed by atoms with E-state index in [9.17, 15) is 14.9 Å². The Hall–Kier alpha value is -2.60. The number of methoxy groups -OCH3 is 1. The zero-order chi connectivity index (χ0) is 20.0. The van der Waals surface area contributed by atoms with Crippen molar-refractivity contribution in [1.29, 1.82) is 0 Å². The predicted molar refractivity (Wildman–Crippen MR) is 106 cm³/mol. The van der Waals surface area contributed by atoms with Crippen molar-refractivity contribution in [1.82, 2.24) is 5.32 Å². The van der Waals surface area contributed by atoms with Crippen molar-refractivity contribution in [3.05, 3.63) is 68.7 Å². The van der Waals surface area contributed by atoms with E-state index in [4.69, 9.17) is 16.3 Å². The Kier molecular flexibility index (Phi) is 6.80. The molecular formula is C20H23ClN2O4. The van der Waals surface area contributed by atoms with Crippen LogP contribution in [0.1, 0.15) is 42.6 Å². The number of ether oxygens (including phenoxy) is 1. The summed E-state index contributed by atoms with van der Waals surface area (Å²) in [4.78, 5) is 23.4. The number of nitro benzene ring substituents is 1. The number of rotatable bonds is 8. The average molecular weight is 391 g/mol. The Bertz CT molecular complexity index is 817. The fraction of sp³-hybridized carbons (Fsp3) is 0.350. The van der Waals surface area contributed by atoms with Gasteiger partial charge >= 0.3 is 0 Å². The second kappa shape index (κ2) is 8.86. The summed E-state index contributed by atoms with van der Waals surface area (Å²) in [5, 5.41) is 14.8. The van der Waals surface area contributed by atoms with E-state index >= 15 is 0 Å². The minimum Gasteiger partial charge on any atom is -0.497 e. The number of halogens is 1. The highest BCUT2D eigenvalue weighted by molar-refractivity contribution is 6.30. The van der Waals surface area contributed by atoms with Gasteiger partial charge in [0.15, 0.2) is 0 Å². The quantitative estimate of drug-likeness (QED) is 0.521. The zero-order valence-electron chi connectivity index (χ0n) is 15.6. The molecule has 6 nitrogen and oxygen atoms in total. The molecule has 1 amide bonds. The number of carbonyl (C=O) groups is 1. The van der Waals surface area contributed by atoms with Crippen molar-refractivity contribution in [2.24, 2.45) is 0 Å². The first-order valence-electron chi connectivity index (χ1n) is 8.73. The molecule has 2 aromatic carbocycles. The molecule has 2 rings (SSSR count). The van der Waals surface area contributed by atoms with Crippen LogP contribution in [0.5, 0.6) is 5.75 Å². The Morgan fingerprint density at radius 1 is 1.19 bits per heavy atom. The molecule has 0 aromatic heterocycles. The largest absolute Gasteiger partial charge is 0.497 e. The fourth-order valence-electron chi connectivity index (χ4n) is 3.14. The maximum Gasteiger partial charge on any atom is 0.282 e. The van der Waals surface area contributed by atoms with E-state index in [0.717, 1.165) is 18.4 Å². The molecule has 7 heteroatoms. The number of nitrogens with zero attached hydrogens (tertiary/aromatic N) is 1. The second-order valence-corrected chi connectivity index (χ2v) is 6.75. The number of nitrogens with one attached hydrogen (secondary N) is 1. The highest BCUT2D eigenvalue weighted by atomic mass is 35.5. The molecule has 0 bridgehead atoms. The number of carbonyl (C=O) groups excluding carboxylic acids is 1. The first kappa shape index (κ1) is 20.7. The topological polar surface area (TPSA) is 81.5 Å². The van der Waals surface area contributed by atoms with Crippen LogP contribution in [0, 0.1) is 10.1 Å². The lowest BCUT2D eigenvalue weighted by Crippen LogP contribution is -2.40. The highest BCUT2D eigenvalue weighted by Gasteiger charge is 2.30. The third-order valence-corrected chi connectivity index (χ3v) is 5.29. The van der Waals surface area contributed by atoms with Crippen LogP contribution in [-0.4, -0.2) is 24.5 Å². The molecule has 2 aromatic rings. The van der Waals surface area contributed by atoms with Crippen LogP contribution >= 0.6 is 11.6 Å². The summed E-state index contributed by atoms with van der Waals surface area (Å²) in [5.74, 6) is -0.110. The number of nitro groups is 1. The van der Waals surface area contributed by atoms with Gasteiger partial charge in [-0.3, -0.25) is 14.9 Å². The van der Waals surface area contributed by atoms with Crippen LogP contribution < -0.4 is 10.1 Å². The van der Waals surface area contributed by atoms with Crippen molar-refractivity contribution in [3.63, 3.8) is 0 Å². The summed E-state index contributed by atoms with van der Waals surface area (Å²) < 4.78 is 5.09. The SMILES string of the molecule is CCC(CC)(CNC(=O)c1cc(OC)ccc1[N+](=O)[O-])c1ccc(Cl)cc1. The Balaban J connectivity index is 2.29. The lowest BCUT2D eigenvalue weighted by Gasteiger charge is -2.32. The summed E-state index contributed by atoms with van der Waals surface area (Å²) >= 11 is 5.99. The summed E-state index contributed by atoms with van der Waals surface area (Å²) in [6.07, 6.45) is 1.59. The van der Waals surface area contributed by atoms with Crippen LogP contribution in [0.3, 0.4) is 0 Å². The van der Waals surface area contributed by atoms with Gasteiger partial charge in [-0.2, -0.15) is 0 Å². The monoisotopic (exact) mass is 390 g/mol. The van der Waals surface area contributed by atoms with Gasteiger partial charge in [-0.05, 0) is 42.7 Å². The van der Waals surface area contributed by atoms with E-state index < -0.39 is 10.8 Å². The maximum atomic E-state index is 12.7. The second-order valence-electron chi connectivity index (χ2n) is 6.32. The lowest BCUT2D eigenvalue weighted by molar-refractivity contribution is -0.385. The molecule has 27 heavy (non-hydrogen) atoms. The minimum atomic E-state index is -0.569. The third-order valence-electron chi connectivity index (χ3n) is 5.04. The summed E-state index contributed by atoms with van der Waals surface area (Å²) in [5.41, 5.74) is 0.515. The number of amides is 1. The molecule has 0 unspecified atom stereocenters. The maximum absolute atomic E-state index is 12.7. The van der Waals surface area contributed by atoms with Gasteiger partial charge in [0.25, 0.3) is 11.6 Å². The average Bonchev–Trinajstić information content (AvgIpc) is 2.69. The van der Waals surface area contributed by atoms with Crippen LogP contribution in [0.25, 0.3) is 0 Å². The normalized spacial score (nSPS) is 11.1. The molecule has 0 saturated heterocycles. The van der Waals surface area contributed by atoms with Gasteiger partial charge in [-0.15, -0.1) is 0 Å². The van der Waals surface area contributed by atoms with Gasteiger partial charge in [0, 0.05) is 23.0 Å². The molecule has 1 N–H and O–H groups in total. The third kappa shape index (κ3) is 4.57. The number of benzene rings is 2. The molecule has 0 aliphatic carbocycles. The molecule has 0 heterocycles. The number of hydrogen-bond donors (Lipinski definition) is 1. The molecule has 0 spiro atoms. The van der Waals surface area contributed by atoms with E-state index in [1.807, 2.05) is 24.3 Å².